The van der Waals surface area contributed by atoms with Gasteiger partial charge in [0.25, 0.3) is 0 Å². The maximum atomic E-state index is 13.9. The van der Waals surface area contributed by atoms with Crippen LogP contribution in [0.15, 0.2) is 28.9 Å². The summed E-state index contributed by atoms with van der Waals surface area (Å²) in [7, 11) is 0. The highest BCUT2D eigenvalue weighted by molar-refractivity contribution is 9.10. The second-order valence-electron chi connectivity index (χ2n) is 4.53. The summed E-state index contributed by atoms with van der Waals surface area (Å²) in [6.45, 7) is 2.73. The number of aliphatic hydroxyl groups is 1. The van der Waals surface area contributed by atoms with Gasteiger partial charge in [-0.25, -0.2) is 4.39 Å². The van der Waals surface area contributed by atoms with E-state index in [1.165, 1.54) is 6.07 Å². The highest BCUT2D eigenvalue weighted by Gasteiger charge is 2.20. The zero-order valence-corrected chi connectivity index (χ0v) is 13.3. The van der Waals surface area contributed by atoms with Crippen LogP contribution in [0.3, 0.4) is 0 Å². The number of halogens is 3. The molecule has 0 fully saturated rings. The highest BCUT2D eigenvalue weighted by atomic mass is 79.9. The van der Waals surface area contributed by atoms with Crippen molar-refractivity contribution < 1.29 is 9.50 Å². The predicted molar refractivity (Wildman–Crippen MR) is 80.3 cm³/mol. The van der Waals surface area contributed by atoms with Crippen LogP contribution in [0.4, 0.5) is 4.39 Å². The zero-order chi connectivity index (χ0) is 14.7. The molecule has 3 nitrogen and oxygen atoms in total. The van der Waals surface area contributed by atoms with E-state index in [9.17, 15) is 9.50 Å². The Bertz CT molecular complexity index is 603. The lowest BCUT2D eigenvalue weighted by atomic mass is 10.0. The van der Waals surface area contributed by atoms with Crippen LogP contribution in [0.1, 0.15) is 30.7 Å². The molecule has 0 saturated carbocycles. The normalized spacial score (nSPS) is 12.7. The van der Waals surface area contributed by atoms with Gasteiger partial charge in [-0.05, 0) is 34.0 Å². The molecule has 0 aliphatic heterocycles. The van der Waals surface area contributed by atoms with Gasteiger partial charge in [-0.15, -0.1) is 0 Å². The van der Waals surface area contributed by atoms with Crippen molar-refractivity contribution in [2.75, 3.05) is 0 Å². The first-order chi connectivity index (χ1) is 9.54. The molecule has 0 radical (unpaired) electrons. The van der Waals surface area contributed by atoms with E-state index in [4.69, 9.17) is 11.6 Å². The fraction of sp³-hybridized carbons (Fsp3) is 0.357. The van der Waals surface area contributed by atoms with E-state index in [2.05, 4.69) is 21.0 Å². The van der Waals surface area contributed by atoms with Gasteiger partial charge in [0.05, 0.1) is 21.4 Å². The van der Waals surface area contributed by atoms with Crippen LogP contribution in [-0.4, -0.2) is 14.9 Å². The molecule has 0 spiro atoms. The van der Waals surface area contributed by atoms with Gasteiger partial charge < -0.3 is 5.11 Å². The molecule has 0 amide bonds. The molecule has 20 heavy (non-hydrogen) atoms. The Morgan fingerprint density at radius 1 is 1.50 bits per heavy atom. The summed E-state index contributed by atoms with van der Waals surface area (Å²) in [5.74, 6) is -0.481. The molecule has 1 N–H and O–H groups in total. The summed E-state index contributed by atoms with van der Waals surface area (Å²) in [6, 6.07) is 4.79. The van der Waals surface area contributed by atoms with E-state index < -0.39 is 11.9 Å². The lowest BCUT2D eigenvalue weighted by molar-refractivity contribution is 0.164. The summed E-state index contributed by atoms with van der Waals surface area (Å²) in [6.07, 6.45) is 1.86. The summed E-state index contributed by atoms with van der Waals surface area (Å²) in [5.41, 5.74) is 1.05. The minimum Gasteiger partial charge on any atom is -0.386 e. The van der Waals surface area contributed by atoms with Crippen molar-refractivity contribution in [1.82, 2.24) is 9.78 Å². The monoisotopic (exact) mass is 360 g/mol. The summed E-state index contributed by atoms with van der Waals surface area (Å²) >= 11 is 9.12. The van der Waals surface area contributed by atoms with Crippen molar-refractivity contribution in [2.24, 2.45) is 0 Å². The number of benzene rings is 1. The third kappa shape index (κ3) is 3.22. The number of hydrogen-bond donors (Lipinski definition) is 1. The molecule has 1 aromatic carbocycles. The van der Waals surface area contributed by atoms with Crippen molar-refractivity contribution in [3.63, 3.8) is 0 Å². The fourth-order valence-corrected chi connectivity index (χ4v) is 2.86. The van der Waals surface area contributed by atoms with Gasteiger partial charge in [0.15, 0.2) is 0 Å². The Balaban J connectivity index is 2.26. The van der Waals surface area contributed by atoms with Gasteiger partial charge in [-0.2, -0.15) is 5.10 Å². The number of aromatic nitrogens is 2. The topological polar surface area (TPSA) is 38.0 Å². The Hall–Kier alpha value is -0.910. The number of nitrogens with zero attached hydrogens (tertiary/aromatic N) is 2. The van der Waals surface area contributed by atoms with E-state index in [1.54, 1.807) is 23.0 Å². The smallest absolute Gasteiger partial charge is 0.145 e. The number of aliphatic hydroxyl groups excluding tert-OH is 1. The molecule has 2 aromatic rings. The van der Waals surface area contributed by atoms with E-state index in [-0.39, 0.29) is 11.4 Å². The second-order valence-corrected chi connectivity index (χ2v) is 5.80. The minimum absolute atomic E-state index is 0.0656. The van der Waals surface area contributed by atoms with Crippen LogP contribution in [0.2, 0.25) is 5.02 Å². The molecule has 0 aliphatic rings. The number of aryl methyl sites for hydroxylation is 1. The fourth-order valence-electron chi connectivity index (χ4n) is 2.10. The van der Waals surface area contributed by atoms with Gasteiger partial charge in [0.2, 0.25) is 0 Å². The van der Waals surface area contributed by atoms with E-state index in [1.807, 2.05) is 6.92 Å². The van der Waals surface area contributed by atoms with Crippen molar-refractivity contribution in [3.05, 3.63) is 51.0 Å². The van der Waals surface area contributed by atoms with Gasteiger partial charge >= 0.3 is 0 Å². The molecule has 1 atom stereocenters. The van der Waals surface area contributed by atoms with Crippen LogP contribution in [0.25, 0.3) is 0 Å². The average Bonchev–Trinajstić information content (AvgIpc) is 2.77. The van der Waals surface area contributed by atoms with Crippen molar-refractivity contribution in [2.45, 2.75) is 32.4 Å². The summed E-state index contributed by atoms with van der Waals surface area (Å²) in [5, 5.41) is 14.6. The third-order valence-electron chi connectivity index (χ3n) is 3.03. The molecule has 0 aliphatic carbocycles. The first kappa shape index (κ1) is 15.5. The first-order valence-electron chi connectivity index (χ1n) is 6.36. The molecule has 108 valence electrons. The van der Waals surface area contributed by atoms with Gasteiger partial charge in [0.1, 0.15) is 11.9 Å². The lowest BCUT2D eigenvalue weighted by Gasteiger charge is -2.14. The molecular weight excluding hydrogens is 347 g/mol. The quantitative estimate of drug-likeness (QED) is 0.870. The molecule has 6 heteroatoms. The van der Waals surface area contributed by atoms with Crippen molar-refractivity contribution >= 4 is 27.5 Å². The molecule has 1 aromatic heterocycles. The Morgan fingerprint density at radius 2 is 2.25 bits per heavy atom. The molecule has 0 saturated heterocycles. The number of hydrogen-bond acceptors (Lipinski definition) is 2. The van der Waals surface area contributed by atoms with Gasteiger partial charge in [-0.3, -0.25) is 4.68 Å². The number of rotatable bonds is 5. The lowest BCUT2D eigenvalue weighted by Crippen LogP contribution is -2.12. The third-order valence-corrected chi connectivity index (χ3v) is 3.93. The molecular formula is C14H15BrClFN2O. The van der Waals surface area contributed by atoms with E-state index in [0.717, 1.165) is 10.9 Å². The van der Waals surface area contributed by atoms with Crippen LogP contribution in [-0.2, 0) is 13.0 Å². The van der Waals surface area contributed by atoms with Crippen LogP contribution < -0.4 is 0 Å². The van der Waals surface area contributed by atoms with Gasteiger partial charge in [0, 0.05) is 13.0 Å². The second kappa shape index (κ2) is 6.70. The van der Waals surface area contributed by atoms with Crippen LogP contribution in [0.5, 0.6) is 0 Å². The SMILES string of the molecule is CCCn1ncc(Br)c1C(O)Cc1cccc(Cl)c1F. The Morgan fingerprint density at radius 3 is 2.95 bits per heavy atom. The zero-order valence-electron chi connectivity index (χ0n) is 11.0. The molecule has 0 bridgehead atoms. The highest BCUT2D eigenvalue weighted by Crippen LogP contribution is 2.28. The first-order valence-corrected chi connectivity index (χ1v) is 7.53. The maximum Gasteiger partial charge on any atom is 0.145 e. The van der Waals surface area contributed by atoms with Crippen molar-refractivity contribution in [1.29, 1.82) is 0 Å². The predicted octanol–water partition coefficient (Wildman–Crippen LogP) is 4.12. The molecule has 1 unspecified atom stereocenters. The maximum absolute atomic E-state index is 13.9. The average molecular weight is 362 g/mol. The Labute approximate surface area is 130 Å². The summed E-state index contributed by atoms with van der Waals surface area (Å²) < 4.78 is 16.3. The van der Waals surface area contributed by atoms with Gasteiger partial charge in [-0.1, -0.05) is 30.7 Å². The largest absolute Gasteiger partial charge is 0.386 e. The van der Waals surface area contributed by atoms with E-state index >= 15 is 0 Å². The Kier molecular flexibility index (Phi) is 5.18. The molecule has 1 heterocycles. The van der Waals surface area contributed by atoms with E-state index in [0.29, 0.717) is 17.8 Å². The van der Waals surface area contributed by atoms with Crippen molar-refractivity contribution in [3.8, 4) is 0 Å². The van der Waals surface area contributed by atoms with Crippen LogP contribution >= 0.6 is 27.5 Å². The standard InChI is InChI=1S/C14H15BrClFN2O/c1-2-6-19-14(10(15)8-18-19)12(20)7-9-4-3-5-11(16)13(9)17/h3-5,8,12,20H,2,6-7H2,1H3. The summed E-state index contributed by atoms with van der Waals surface area (Å²) in [4.78, 5) is 0. The minimum atomic E-state index is -0.841. The van der Waals surface area contributed by atoms with Crippen LogP contribution in [0, 0.1) is 5.82 Å². The molecule has 2 rings (SSSR count).